The molecule has 1 rings (SSSR count). The van der Waals surface area contributed by atoms with Crippen molar-refractivity contribution >= 4 is 36.0 Å². The molecule has 0 aromatic rings. The molecule has 0 saturated carbocycles. The Morgan fingerprint density at radius 1 is 1.43 bits per heavy atom. The molecule has 0 amide bonds. The Bertz CT molecular complexity index is 288. The molecule has 0 aliphatic carbocycles. The summed E-state index contributed by atoms with van der Waals surface area (Å²) in [6.07, 6.45) is 1.36. The van der Waals surface area contributed by atoms with Crippen LogP contribution in [0.25, 0.3) is 0 Å². The number of alkyl halides is 1. The number of aliphatic imine (C=N–C) groups is 1. The number of rotatable bonds is 5. The van der Waals surface area contributed by atoms with Gasteiger partial charge in [0.15, 0.2) is 0 Å². The third-order valence-corrected chi connectivity index (χ3v) is 5.98. The van der Waals surface area contributed by atoms with Crippen LogP contribution < -0.4 is 0 Å². The Morgan fingerprint density at radius 2 is 2.14 bits per heavy atom. The van der Waals surface area contributed by atoms with E-state index in [9.17, 15) is 9.59 Å². The van der Waals surface area contributed by atoms with Gasteiger partial charge in [-0.2, -0.15) is 0 Å². The summed E-state index contributed by atoms with van der Waals surface area (Å²) in [5.41, 5.74) is 0. The van der Waals surface area contributed by atoms with Crippen LogP contribution in [0.4, 0.5) is 0 Å². The molecule has 1 atom stereocenters. The molecule has 1 aliphatic heterocycles. The maximum atomic E-state index is 10.7. The molecule has 6 heteroatoms. The summed E-state index contributed by atoms with van der Waals surface area (Å²) in [6.45, 7) is 0. The van der Waals surface area contributed by atoms with Crippen molar-refractivity contribution in [1.29, 1.82) is 0 Å². The number of halogens is 1. The van der Waals surface area contributed by atoms with Crippen LogP contribution in [-0.4, -0.2) is 30.8 Å². The molecular formula is C8H10INO4. The molecule has 0 aromatic carbocycles. The Labute approximate surface area is 87.9 Å². The first kappa shape index (κ1) is 11.2. The van der Waals surface area contributed by atoms with E-state index < -0.39 is 37.7 Å². The second-order valence-electron chi connectivity index (χ2n) is 2.74. The molecular weight excluding hydrogens is 301 g/mol. The van der Waals surface area contributed by atoms with Crippen LogP contribution >= 0.6 is 19.8 Å². The number of nitrogens with zero attached hydrogens (tertiary/aromatic N) is 1. The van der Waals surface area contributed by atoms with Gasteiger partial charge in [0.05, 0.1) is 0 Å². The number of hydrogen-bond acceptors (Lipinski definition) is 3. The van der Waals surface area contributed by atoms with Crippen molar-refractivity contribution in [2.75, 3.05) is 4.43 Å². The zero-order valence-electron chi connectivity index (χ0n) is 7.26. The topological polar surface area (TPSA) is 87.0 Å². The van der Waals surface area contributed by atoms with E-state index in [1.807, 2.05) is 4.08 Å². The predicted octanol–water partition coefficient (Wildman–Crippen LogP) is 1.18. The van der Waals surface area contributed by atoms with Crippen LogP contribution in [0.2, 0.25) is 0 Å². The summed E-state index contributed by atoms with van der Waals surface area (Å²) in [5.74, 6) is -2.86. The van der Waals surface area contributed by atoms with E-state index >= 15 is 0 Å². The normalized spacial score (nSPS) is 18.4. The number of carboxylic acid groups (broad SMARTS) is 2. The van der Waals surface area contributed by atoms with E-state index in [1.54, 1.807) is 10.4 Å². The summed E-state index contributed by atoms with van der Waals surface area (Å²) < 4.78 is 4.15. The Kier molecular flexibility index (Phi) is 4.05. The fourth-order valence-corrected chi connectivity index (χ4v) is 4.79. The fourth-order valence-electron chi connectivity index (χ4n) is 0.967. The number of carbonyl (C=O) groups is 2. The molecule has 1 unspecified atom stereocenters. The minimum atomic E-state index is -1.54. The van der Waals surface area contributed by atoms with E-state index in [1.165, 1.54) is 0 Å². The van der Waals surface area contributed by atoms with E-state index in [0.717, 1.165) is 0 Å². The van der Waals surface area contributed by atoms with Gasteiger partial charge in [-0.1, -0.05) is 0 Å². The fraction of sp³-hybridized carbons (Fsp3) is 0.375. The van der Waals surface area contributed by atoms with Crippen LogP contribution in [0, 0.1) is 5.92 Å². The summed E-state index contributed by atoms with van der Waals surface area (Å²) in [7, 11) is 0. The van der Waals surface area contributed by atoms with Crippen LogP contribution in [0.5, 0.6) is 0 Å². The third kappa shape index (κ3) is 3.44. The van der Waals surface area contributed by atoms with E-state index in [-0.39, 0.29) is 6.42 Å². The molecule has 0 saturated heterocycles. The number of carboxylic acids is 2. The Hall–Kier alpha value is -0.920. The van der Waals surface area contributed by atoms with Crippen LogP contribution in [0.1, 0.15) is 6.42 Å². The molecule has 0 radical (unpaired) electrons. The van der Waals surface area contributed by atoms with Gasteiger partial charge in [0.1, 0.15) is 0 Å². The van der Waals surface area contributed by atoms with Gasteiger partial charge in [-0.25, -0.2) is 0 Å². The Morgan fingerprint density at radius 3 is 2.57 bits per heavy atom. The van der Waals surface area contributed by atoms with Crippen LogP contribution in [-0.2, 0) is 9.59 Å². The van der Waals surface area contributed by atoms with E-state index in [4.69, 9.17) is 10.2 Å². The van der Waals surface area contributed by atoms with Crippen molar-refractivity contribution in [1.82, 2.24) is 0 Å². The molecule has 5 nitrogen and oxygen atoms in total. The number of aliphatic carboxylic acids is 2. The summed E-state index contributed by atoms with van der Waals surface area (Å²) in [6, 6.07) is 0. The molecule has 0 fully saturated rings. The van der Waals surface area contributed by atoms with Crippen molar-refractivity contribution in [3.8, 4) is 0 Å². The summed E-state index contributed by atoms with van der Waals surface area (Å²) in [5, 5.41) is 17.3. The van der Waals surface area contributed by atoms with Gasteiger partial charge < -0.3 is 0 Å². The van der Waals surface area contributed by atoms with E-state index in [0.29, 0.717) is 4.43 Å². The van der Waals surface area contributed by atoms with Crippen LogP contribution in [0.3, 0.4) is 0 Å². The first-order chi connectivity index (χ1) is 6.59. The molecule has 78 valence electrons. The third-order valence-electron chi connectivity index (χ3n) is 1.62. The van der Waals surface area contributed by atoms with Crippen molar-refractivity contribution in [3.05, 3.63) is 10.3 Å². The van der Waals surface area contributed by atoms with Crippen LogP contribution in [0.15, 0.2) is 15.3 Å². The average molecular weight is 311 g/mol. The molecule has 1 heterocycles. The van der Waals surface area contributed by atoms with Crippen molar-refractivity contribution in [2.24, 2.45) is 10.9 Å². The SMILES string of the molecule is O=C(O)CC(CI1C=CN=C1)C(=O)O. The first-order valence-electron chi connectivity index (χ1n) is 3.87. The molecule has 1 aliphatic rings. The van der Waals surface area contributed by atoms with Crippen molar-refractivity contribution < 1.29 is 19.8 Å². The minimum absolute atomic E-state index is 0.301. The zero-order valence-corrected chi connectivity index (χ0v) is 9.42. The number of hydrogen-bond donors (Lipinski definition) is 2. The van der Waals surface area contributed by atoms with E-state index in [2.05, 4.69) is 4.99 Å². The van der Waals surface area contributed by atoms with Gasteiger partial charge >= 0.3 is 87.8 Å². The monoisotopic (exact) mass is 311 g/mol. The standard InChI is InChI=1S/C8H10INO4/c11-7(12)3-6(8(13)14)4-9-1-2-10-5-9/h1-2,5-6H,3-4H2,(H,11,12)(H,13,14). The van der Waals surface area contributed by atoms with Gasteiger partial charge in [-0.15, -0.1) is 0 Å². The van der Waals surface area contributed by atoms with Crippen molar-refractivity contribution in [2.45, 2.75) is 6.42 Å². The molecule has 0 aromatic heterocycles. The zero-order chi connectivity index (χ0) is 10.6. The quantitative estimate of drug-likeness (QED) is 0.589. The van der Waals surface area contributed by atoms with Gasteiger partial charge in [-0.05, 0) is 0 Å². The average Bonchev–Trinajstić information content (AvgIpc) is 2.54. The van der Waals surface area contributed by atoms with Gasteiger partial charge in [-0.3, -0.25) is 0 Å². The molecule has 14 heavy (non-hydrogen) atoms. The van der Waals surface area contributed by atoms with Gasteiger partial charge in [0.2, 0.25) is 0 Å². The first-order valence-corrected chi connectivity index (χ1v) is 7.88. The van der Waals surface area contributed by atoms with Gasteiger partial charge in [0, 0.05) is 0 Å². The summed E-state index contributed by atoms with van der Waals surface area (Å²) in [4.78, 5) is 25.0. The maximum absolute atomic E-state index is 10.7. The Balaban J connectivity index is 2.50. The second kappa shape index (κ2) is 5.08. The summed E-state index contributed by atoms with van der Waals surface area (Å²) >= 11 is -1.54. The van der Waals surface area contributed by atoms with Gasteiger partial charge in [0.25, 0.3) is 0 Å². The second-order valence-corrected chi connectivity index (χ2v) is 7.38. The predicted molar refractivity (Wildman–Crippen MR) is 59.9 cm³/mol. The molecule has 0 spiro atoms. The molecule has 0 bridgehead atoms. The van der Waals surface area contributed by atoms with Crippen molar-refractivity contribution in [3.63, 3.8) is 0 Å². The molecule has 2 N–H and O–H groups in total.